The Hall–Kier alpha value is -2.75. The third-order valence-electron chi connectivity index (χ3n) is 6.54. The maximum absolute atomic E-state index is 10.6. The van der Waals surface area contributed by atoms with Crippen LogP contribution in [0.2, 0.25) is 0 Å². The summed E-state index contributed by atoms with van der Waals surface area (Å²) in [4.78, 5) is 29.1. The molecular formula is C25H31F6N3O5S. The van der Waals surface area contributed by atoms with Crippen molar-refractivity contribution in [3.05, 3.63) is 52.5 Å². The second kappa shape index (κ2) is 14.8. The van der Waals surface area contributed by atoms with Crippen molar-refractivity contribution in [1.82, 2.24) is 14.8 Å². The van der Waals surface area contributed by atoms with Crippen molar-refractivity contribution in [2.45, 2.75) is 50.7 Å². The standard InChI is InChI=1S/C21H29N3OS.2C2HF3O2/c1-25-16-19-13-21(17-24(19)14-18-5-2-3-9-22-18)7-10-23(11-8-21)15-20-6-4-12-26-20;2*3-2(4,5)1(6)7/h2-6,9,12,19H,7-8,10-11,13-17H2,1H3;2*(H,6,7). The van der Waals surface area contributed by atoms with Crippen molar-refractivity contribution in [1.29, 1.82) is 0 Å². The minimum Gasteiger partial charge on any atom is -0.475 e. The summed E-state index contributed by atoms with van der Waals surface area (Å²) in [6.45, 7) is 6.50. The molecule has 224 valence electrons. The van der Waals surface area contributed by atoms with Gasteiger partial charge in [0.15, 0.2) is 0 Å². The average Bonchev–Trinajstić information content (AvgIpc) is 3.49. The minimum atomic E-state index is -5.08. The number of rotatable bonds is 6. The molecule has 0 bridgehead atoms. The van der Waals surface area contributed by atoms with E-state index in [9.17, 15) is 26.3 Å². The Labute approximate surface area is 231 Å². The highest BCUT2D eigenvalue weighted by Crippen LogP contribution is 2.44. The van der Waals surface area contributed by atoms with Gasteiger partial charge in [0.2, 0.25) is 0 Å². The monoisotopic (exact) mass is 599 g/mol. The number of carboxylic acids is 2. The van der Waals surface area contributed by atoms with Crippen LogP contribution in [0.25, 0.3) is 0 Å². The van der Waals surface area contributed by atoms with E-state index in [2.05, 4.69) is 44.4 Å². The molecule has 1 spiro atoms. The maximum atomic E-state index is 10.6. The number of hydrogen-bond donors (Lipinski definition) is 2. The van der Waals surface area contributed by atoms with Crippen LogP contribution in [0.5, 0.6) is 0 Å². The van der Waals surface area contributed by atoms with Crippen molar-refractivity contribution in [2.24, 2.45) is 5.41 Å². The van der Waals surface area contributed by atoms with Gasteiger partial charge >= 0.3 is 24.3 Å². The molecule has 2 N–H and O–H groups in total. The van der Waals surface area contributed by atoms with Crippen molar-refractivity contribution in [2.75, 3.05) is 33.4 Å². The van der Waals surface area contributed by atoms with Gasteiger partial charge in [-0.1, -0.05) is 12.1 Å². The number of thiophene rings is 1. The van der Waals surface area contributed by atoms with Gasteiger partial charge in [0, 0.05) is 43.9 Å². The molecule has 8 nitrogen and oxygen atoms in total. The van der Waals surface area contributed by atoms with Gasteiger partial charge in [-0.25, -0.2) is 9.59 Å². The van der Waals surface area contributed by atoms with E-state index < -0.39 is 24.3 Å². The fraction of sp³-hybridized carbons (Fsp3) is 0.560. The number of ether oxygens (including phenoxy) is 1. The first-order chi connectivity index (χ1) is 18.6. The number of nitrogens with zero attached hydrogens (tertiary/aromatic N) is 3. The molecule has 2 aromatic rings. The molecular weight excluding hydrogens is 568 g/mol. The number of hydrogen-bond acceptors (Lipinski definition) is 7. The van der Waals surface area contributed by atoms with Gasteiger partial charge in [-0.15, -0.1) is 11.3 Å². The van der Waals surface area contributed by atoms with Gasteiger partial charge in [-0.05, 0) is 61.3 Å². The smallest absolute Gasteiger partial charge is 0.475 e. The molecule has 0 aliphatic carbocycles. The predicted octanol–water partition coefficient (Wildman–Crippen LogP) is 4.91. The minimum absolute atomic E-state index is 0.462. The lowest BCUT2D eigenvalue weighted by Gasteiger charge is -2.39. The van der Waals surface area contributed by atoms with E-state index in [4.69, 9.17) is 24.5 Å². The quantitative estimate of drug-likeness (QED) is 0.452. The Morgan fingerprint density at radius 2 is 1.62 bits per heavy atom. The first-order valence-electron chi connectivity index (χ1n) is 12.1. The average molecular weight is 600 g/mol. The van der Waals surface area contributed by atoms with Crippen molar-refractivity contribution in [3.8, 4) is 0 Å². The van der Waals surface area contributed by atoms with E-state index >= 15 is 0 Å². The zero-order valence-corrected chi connectivity index (χ0v) is 22.4. The van der Waals surface area contributed by atoms with Crippen LogP contribution in [0, 0.1) is 5.41 Å². The second-order valence-corrected chi connectivity index (χ2v) is 10.5. The third-order valence-corrected chi connectivity index (χ3v) is 7.40. The molecule has 15 heteroatoms. The molecule has 4 rings (SSSR count). The molecule has 2 aliphatic heterocycles. The number of likely N-dealkylation sites (tertiary alicyclic amines) is 2. The lowest BCUT2D eigenvalue weighted by molar-refractivity contribution is -0.193. The fourth-order valence-electron chi connectivity index (χ4n) is 4.67. The molecule has 0 radical (unpaired) electrons. The summed E-state index contributed by atoms with van der Waals surface area (Å²) in [5, 5.41) is 16.4. The van der Waals surface area contributed by atoms with Crippen LogP contribution in [0.4, 0.5) is 26.3 Å². The van der Waals surface area contributed by atoms with Gasteiger partial charge in [0.1, 0.15) is 0 Å². The van der Waals surface area contributed by atoms with Crippen LogP contribution >= 0.6 is 11.3 Å². The van der Waals surface area contributed by atoms with Gasteiger partial charge in [-0.3, -0.25) is 14.8 Å². The Balaban J connectivity index is 0.000000333. The number of halogens is 6. The highest BCUT2D eigenvalue weighted by Gasteiger charge is 2.45. The molecule has 4 heterocycles. The number of methoxy groups -OCH3 is 1. The predicted molar refractivity (Wildman–Crippen MR) is 134 cm³/mol. The molecule has 40 heavy (non-hydrogen) atoms. The summed E-state index contributed by atoms with van der Waals surface area (Å²) < 4.78 is 69.0. The SMILES string of the molecule is COCC1CC2(CCN(Cc3cccs3)CC2)CN1Cc1ccccn1.O=C(O)C(F)(F)F.O=C(O)C(F)(F)F. The maximum Gasteiger partial charge on any atom is 0.490 e. The normalized spacial score (nSPS) is 19.3. The van der Waals surface area contributed by atoms with Crippen LogP contribution in [0.15, 0.2) is 41.9 Å². The zero-order valence-electron chi connectivity index (χ0n) is 21.6. The fourth-order valence-corrected chi connectivity index (χ4v) is 5.41. The molecule has 1 unspecified atom stereocenters. The molecule has 0 saturated carbocycles. The van der Waals surface area contributed by atoms with Crippen molar-refractivity contribution < 1.29 is 50.9 Å². The Morgan fingerprint density at radius 3 is 2.08 bits per heavy atom. The first kappa shape index (κ1) is 33.5. The molecule has 2 aliphatic rings. The van der Waals surface area contributed by atoms with Crippen LogP contribution in [0.1, 0.15) is 29.8 Å². The van der Waals surface area contributed by atoms with E-state index in [0.717, 1.165) is 19.7 Å². The summed E-state index contributed by atoms with van der Waals surface area (Å²) in [5.74, 6) is -5.51. The van der Waals surface area contributed by atoms with Crippen LogP contribution in [-0.4, -0.2) is 88.7 Å². The molecule has 2 fully saturated rings. The number of pyridine rings is 1. The molecule has 2 saturated heterocycles. The van der Waals surface area contributed by atoms with Gasteiger partial charge in [0.25, 0.3) is 0 Å². The molecule has 2 aromatic heterocycles. The van der Waals surface area contributed by atoms with Crippen LogP contribution in [0.3, 0.4) is 0 Å². The lowest BCUT2D eigenvalue weighted by Crippen LogP contribution is -2.41. The van der Waals surface area contributed by atoms with Crippen molar-refractivity contribution in [3.63, 3.8) is 0 Å². The van der Waals surface area contributed by atoms with E-state index in [0.29, 0.717) is 11.5 Å². The van der Waals surface area contributed by atoms with Crippen molar-refractivity contribution >= 4 is 23.3 Å². The van der Waals surface area contributed by atoms with E-state index in [-0.39, 0.29) is 0 Å². The topological polar surface area (TPSA) is 103 Å². The Kier molecular flexibility index (Phi) is 12.3. The summed E-state index contributed by atoms with van der Waals surface area (Å²) >= 11 is 1.88. The Bertz CT molecular complexity index is 1020. The Morgan fingerprint density at radius 1 is 1.02 bits per heavy atom. The highest BCUT2D eigenvalue weighted by atomic mass is 32.1. The number of aromatic nitrogens is 1. The number of carboxylic acid groups (broad SMARTS) is 2. The molecule has 1 atom stereocenters. The summed E-state index contributed by atoms with van der Waals surface area (Å²) in [5.41, 5.74) is 1.63. The summed E-state index contributed by atoms with van der Waals surface area (Å²) in [6.07, 6.45) is -4.40. The largest absolute Gasteiger partial charge is 0.490 e. The number of carbonyl (C=O) groups is 2. The van der Waals surface area contributed by atoms with Gasteiger partial charge in [0.05, 0.1) is 12.3 Å². The van der Waals surface area contributed by atoms with E-state index in [1.165, 1.54) is 49.5 Å². The van der Waals surface area contributed by atoms with Crippen LogP contribution < -0.4 is 0 Å². The van der Waals surface area contributed by atoms with Gasteiger partial charge < -0.3 is 14.9 Å². The zero-order chi connectivity index (χ0) is 30.0. The number of alkyl halides is 6. The summed E-state index contributed by atoms with van der Waals surface area (Å²) in [7, 11) is 1.83. The first-order valence-corrected chi connectivity index (χ1v) is 13.0. The van der Waals surface area contributed by atoms with Crippen LogP contribution in [-0.2, 0) is 27.4 Å². The third kappa shape index (κ3) is 11.0. The lowest BCUT2D eigenvalue weighted by atomic mass is 9.76. The van der Waals surface area contributed by atoms with E-state index in [1.54, 1.807) is 0 Å². The van der Waals surface area contributed by atoms with E-state index in [1.807, 2.05) is 30.7 Å². The number of aliphatic carboxylic acids is 2. The number of piperidine rings is 1. The highest BCUT2D eigenvalue weighted by molar-refractivity contribution is 7.09. The molecule has 0 amide bonds. The second-order valence-electron chi connectivity index (χ2n) is 9.50. The summed E-state index contributed by atoms with van der Waals surface area (Å²) in [6, 6.07) is 11.2. The van der Waals surface area contributed by atoms with Gasteiger partial charge in [-0.2, -0.15) is 26.3 Å². The molecule has 0 aromatic carbocycles.